The van der Waals surface area contributed by atoms with Crippen molar-refractivity contribution < 1.29 is 9.59 Å². The highest BCUT2D eigenvalue weighted by atomic mass is 16.2. The van der Waals surface area contributed by atoms with Crippen LogP contribution >= 0.6 is 0 Å². The molecular weight excluding hydrogens is 314 g/mol. The van der Waals surface area contributed by atoms with Crippen LogP contribution in [0.1, 0.15) is 57.1 Å². The van der Waals surface area contributed by atoms with Gasteiger partial charge >= 0.3 is 6.03 Å². The number of imide groups is 1. The van der Waals surface area contributed by atoms with Gasteiger partial charge in [0.2, 0.25) is 5.91 Å². The van der Waals surface area contributed by atoms with Crippen LogP contribution in [0.15, 0.2) is 24.3 Å². The molecule has 0 aliphatic heterocycles. The molecule has 3 amide bonds. The van der Waals surface area contributed by atoms with Crippen molar-refractivity contribution in [3.8, 4) is 0 Å². The molecular formula is C20H31N3O2. The van der Waals surface area contributed by atoms with E-state index in [-0.39, 0.29) is 24.0 Å². The first-order valence-electron chi connectivity index (χ1n) is 9.39. The first kappa shape index (κ1) is 19.4. The van der Waals surface area contributed by atoms with E-state index in [0.29, 0.717) is 6.54 Å². The fourth-order valence-corrected chi connectivity index (χ4v) is 3.19. The van der Waals surface area contributed by atoms with Gasteiger partial charge in [-0.3, -0.25) is 15.0 Å². The summed E-state index contributed by atoms with van der Waals surface area (Å²) in [6.45, 7) is 4.62. The van der Waals surface area contributed by atoms with Crippen molar-refractivity contribution in [2.24, 2.45) is 0 Å². The van der Waals surface area contributed by atoms with Crippen LogP contribution in [0.2, 0.25) is 0 Å². The van der Waals surface area contributed by atoms with E-state index in [2.05, 4.69) is 41.8 Å². The zero-order valence-corrected chi connectivity index (χ0v) is 15.7. The molecule has 1 aliphatic carbocycles. The van der Waals surface area contributed by atoms with Crippen molar-refractivity contribution in [3.63, 3.8) is 0 Å². The van der Waals surface area contributed by atoms with E-state index in [1.807, 2.05) is 18.9 Å². The highest BCUT2D eigenvalue weighted by Crippen LogP contribution is 2.17. The fourth-order valence-electron chi connectivity index (χ4n) is 3.19. The predicted octanol–water partition coefficient (Wildman–Crippen LogP) is 3.23. The first-order chi connectivity index (χ1) is 12.0. The Labute approximate surface area is 151 Å². The molecule has 2 rings (SSSR count). The lowest BCUT2D eigenvalue weighted by Gasteiger charge is -2.25. The summed E-state index contributed by atoms with van der Waals surface area (Å²) in [6.07, 6.45) is 6.56. The molecule has 25 heavy (non-hydrogen) atoms. The van der Waals surface area contributed by atoms with Gasteiger partial charge in [0.15, 0.2) is 0 Å². The van der Waals surface area contributed by atoms with Gasteiger partial charge in [-0.05, 0) is 44.4 Å². The maximum absolute atomic E-state index is 12.3. The minimum absolute atomic E-state index is 0.201. The van der Waals surface area contributed by atoms with Crippen LogP contribution in [-0.2, 0) is 17.8 Å². The molecule has 0 aromatic heterocycles. The van der Waals surface area contributed by atoms with Gasteiger partial charge in [-0.2, -0.15) is 0 Å². The molecule has 0 radical (unpaired) electrons. The summed E-state index contributed by atoms with van der Waals surface area (Å²) in [4.78, 5) is 26.3. The van der Waals surface area contributed by atoms with Crippen molar-refractivity contribution in [3.05, 3.63) is 35.4 Å². The Morgan fingerprint density at radius 1 is 1.12 bits per heavy atom. The third kappa shape index (κ3) is 6.16. The molecule has 138 valence electrons. The van der Waals surface area contributed by atoms with E-state index >= 15 is 0 Å². The zero-order valence-electron chi connectivity index (χ0n) is 15.7. The van der Waals surface area contributed by atoms with Crippen molar-refractivity contribution in [2.45, 2.75) is 71.0 Å². The van der Waals surface area contributed by atoms with Crippen LogP contribution < -0.4 is 10.6 Å². The van der Waals surface area contributed by atoms with Crippen LogP contribution in [0.4, 0.5) is 4.79 Å². The summed E-state index contributed by atoms with van der Waals surface area (Å²) in [6, 6.07) is 7.88. The highest BCUT2D eigenvalue weighted by Gasteiger charge is 2.22. The number of urea groups is 1. The van der Waals surface area contributed by atoms with Gasteiger partial charge in [0.1, 0.15) is 0 Å². The summed E-state index contributed by atoms with van der Waals surface area (Å²) in [5, 5.41) is 5.40. The Morgan fingerprint density at radius 3 is 2.32 bits per heavy atom. The molecule has 1 atom stereocenters. The second kappa shape index (κ2) is 9.56. The van der Waals surface area contributed by atoms with Gasteiger partial charge in [0, 0.05) is 12.6 Å². The smallest absolute Gasteiger partial charge is 0.321 e. The highest BCUT2D eigenvalue weighted by molar-refractivity contribution is 5.96. The van der Waals surface area contributed by atoms with E-state index in [4.69, 9.17) is 0 Å². The summed E-state index contributed by atoms with van der Waals surface area (Å²) in [7, 11) is 1.90. The maximum atomic E-state index is 12.3. The molecule has 0 bridgehead atoms. The molecule has 1 aliphatic rings. The summed E-state index contributed by atoms with van der Waals surface area (Å²) in [5.41, 5.74) is 2.46. The normalized spacial score (nSPS) is 16.5. The zero-order chi connectivity index (χ0) is 18.2. The number of carbonyl (C=O) groups excluding carboxylic acids is 2. The number of carbonyl (C=O) groups is 2. The molecule has 2 N–H and O–H groups in total. The molecule has 0 heterocycles. The third-order valence-corrected chi connectivity index (χ3v) is 5.08. The molecule has 0 spiro atoms. The van der Waals surface area contributed by atoms with Crippen LogP contribution in [0.25, 0.3) is 0 Å². The van der Waals surface area contributed by atoms with E-state index in [1.54, 1.807) is 0 Å². The molecule has 1 saturated carbocycles. The van der Waals surface area contributed by atoms with Gasteiger partial charge in [-0.1, -0.05) is 50.5 Å². The standard InChI is InChI=1S/C20H31N3O2/c1-4-16-10-12-17(13-11-16)14-23(3)15(2)19(24)22-20(25)21-18-8-6-5-7-9-18/h10-13,15,18H,4-9,14H2,1-3H3,(H2,21,22,24,25)/t15-/m1/s1. The second-order valence-corrected chi connectivity index (χ2v) is 7.06. The number of nitrogens with one attached hydrogen (secondary N) is 2. The topological polar surface area (TPSA) is 61.4 Å². The van der Waals surface area contributed by atoms with Gasteiger partial charge in [0.25, 0.3) is 0 Å². The first-order valence-corrected chi connectivity index (χ1v) is 9.39. The average Bonchev–Trinajstić information content (AvgIpc) is 2.62. The Bertz CT molecular complexity index is 565. The van der Waals surface area contributed by atoms with E-state index in [0.717, 1.165) is 37.7 Å². The van der Waals surface area contributed by atoms with Gasteiger partial charge < -0.3 is 5.32 Å². The Morgan fingerprint density at radius 2 is 1.72 bits per heavy atom. The van der Waals surface area contributed by atoms with E-state index in [1.165, 1.54) is 12.0 Å². The lowest BCUT2D eigenvalue weighted by molar-refractivity contribution is -0.124. The van der Waals surface area contributed by atoms with Gasteiger partial charge in [-0.25, -0.2) is 4.79 Å². The number of likely N-dealkylation sites (N-methyl/N-ethyl adjacent to an activating group) is 1. The second-order valence-electron chi connectivity index (χ2n) is 7.06. The maximum Gasteiger partial charge on any atom is 0.321 e. The van der Waals surface area contributed by atoms with E-state index < -0.39 is 0 Å². The molecule has 1 aromatic rings. The van der Waals surface area contributed by atoms with Crippen molar-refractivity contribution >= 4 is 11.9 Å². The molecule has 0 unspecified atom stereocenters. The summed E-state index contributed by atoms with van der Waals surface area (Å²) in [5.74, 6) is -0.263. The molecule has 0 saturated heterocycles. The SMILES string of the molecule is CCc1ccc(CN(C)[C@H](C)C(=O)NC(=O)NC2CCCCC2)cc1. The summed E-state index contributed by atoms with van der Waals surface area (Å²) < 4.78 is 0. The quantitative estimate of drug-likeness (QED) is 0.832. The van der Waals surface area contributed by atoms with Gasteiger partial charge in [-0.15, -0.1) is 0 Å². The van der Waals surface area contributed by atoms with Crippen molar-refractivity contribution in [1.82, 2.24) is 15.5 Å². The predicted molar refractivity (Wildman–Crippen MR) is 100 cm³/mol. The monoisotopic (exact) mass is 345 g/mol. The molecule has 5 heteroatoms. The molecule has 1 fully saturated rings. The summed E-state index contributed by atoms with van der Waals surface area (Å²) >= 11 is 0. The number of aryl methyl sites for hydroxylation is 1. The number of rotatable bonds is 6. The fraction of sp³-hybridized carbons (Fsp3) is 0.600. The Balaban J connectivity index is 1.79. The average molecular weight is 345 g/mol. The third-order valence-electron chi connectivity index (χ3n) is 5.08. The van der Waals surface area contributed by atoms with Crippen LogP contribution in [-0.4, -0.2) is 36.0 Å². The number of hydrogen-bond acceptors (Lipinski definition) is 3. The molecule has 5 nitrogen and oxygen atoms in total. The Hall–Kier alpha value is -1.88. The van der Waals surface area contributed by atoms with Gasteiger partial charge in [0.05, 0.1) is 6.04 Å². The van der Waals surface area contributed by atoms with E-state index in [9.17, 15) is 9.59 Å². The van der Waals surface area contributed by atoms with Crippen LogP contribution in [0.5, 0.6) is 0 Å². The molecule has 1 aromatic carbocycles. The van der Waals surface area contributed by atoms with Crippen LogP contribution in [0, 0.1) is 0 Å². The number of amides is 3. The van der Waals surface area contributed by atoms with Crippen molar-refractivity contribution in [1.29, 1.82) is 0 Å². The lowest BCUT2D eigenvalue weighted by atomic mass is 9.96. The number of hydrogen-bond donors (Lipinski definition) is 2. The van der Waals surface area contributed by atoms with Crippen LogP contribution in [0.3, 0.4) is 0 Å². The minimum Gasteiger partial charge on any atom is -0.335 e. The lowest BCUT2D eigenvalue weighted by Crippen LogP contribution is -2.50. The minimum atomic E-state index is -0.372. The largest absolute Gasteiger partial charge is 0.335 e. The number of benzene rings is 1. The number of nitrogens with zero attached hydrogens (tertiary/aromatic N) is 1. The van der Waals surface area contributed by atoms with Crippen molar-refractivity contribution in [2.75, 3.05) is 7.05 Å². The Kier molecular flexibility index (Phi) is 7.44.